The predicted molar refractivity (Wildman–Crippen MR) is 102 cm³/mol. The van der Waals surface area contributed by atoms with E-state index in [0.717, 1.165) is 41.0 Å². The van der Waals surface area contributed by atoms with Crippen LogP contribution >= 0.6 is 0 Å². The molecular formula is C21H19N5. The van der Waals surface area contributed by atoms with Gasteiger partial charge in [-0.05, 0) is 55.2 Å². The Kier molecular flexibility index (Phi) is 3.36. The van der Waals surface area contributed by atoms with Gasteiger partial charge in [-0.25, -0.2) is 9.97 Å². The van der Waals surface area contributed by atoms with Crippen LogP contribution in [0.3, 0.4) is 0 Å². The van der Waals surface area contributed by atoms with Crippen molar-refractivity contribution in [2.45, 2.75) is 24.8 Å². The summed E-state index contributed by atoms with van der Waals surface area (Å²) in [5.74, 6) is 0. The van der Waals surface area contributed by atoms with E-state index < -0.39 is 0 Å². The number of hydrogen-bond acceptors (Lipinski definition) is 4. The first-order valence-electron chi connectivity index (χ1n) is 8.87. The zero-order chi connectivity index (χ0) is 17.6. The molecule has 0 saturated heterocycles. The summed E-state index contributed by atoms with van der Waals surface area (Å²) in [4.78, 5) is 13.2. The third kappa shape index (κ3) is 2.32. The number of benzene rings is 1. The van der Waals surface area contributed by atoms with Gasteiger partial charge >= 0.3 is 0 Å². The van der Waals surface area contributed by atoms with E-state index in [1.165, 1.54) is 12.0 Å². The van der Waals surface area contributed by atoms with E-state index in [1.807, 2.05) is 24.4 Å². The summed E-state index contributed by atoms with van der Waals surface area (Å²) in [6.07, 6.45) is 8.56. The summed E-state index contributed by atoms with van der Waals surface area (Å²) in [6, 6.07) is 16.5. The minimum Gasteiger partial charge on any atom is -0.321 e. The molecule has 1 saturated carbocycles. The molecular weight excluding hydrogens is 322 g/mol. The van der Waals surface area contributed by atoms with Crippen molar-refractivity contribution in [3.05, 3.63) is 72.8 Å². The highest BCUT2D eigenvalue weighted by molar-refractivity contribution is 5.85. The van der Waals surface area contributed by atoms with Crippen LogP contribution in [0.4, 0.5) is 0 Å². The van der Waals surface area contributed by atoms with Crippen LogP contribution in [0.1, 0.15) is 24.8 Å². The Morgan fingerprint density at radius 3 is 2.54 bits per heavy atom. The molecule has 0 bridgehead atoms. The molecule has 5 heteroatoms. The van der Waals surface area contributed by atoms with Gasteiger partial charge in [-0.1, -0.05) is 18.2 Å². The van der Waals surface area contributed by atoms with Gasteiger partial charge < -0.3 is 5.73 Å². The molecule has 2 N–H and O–H groups in total. The van der Waals surface area contributed by atoms with Gasteiger partial charge in [0.05, 0.1) is 11.4 Å². The number of aromatic nitrogens is 4. The van der Waals surface area contributed by atoms with Gasteiger partial charge in [0.1, 0.15) is 12.0 Å². The zero-order valence-electron chi connectivity index (χ0n) is 14.3. The molecule has 0 radical (unpaired) electrons. The first-order valence-corrected chi connectivity index (χ1v) is 8.87. The van der Waals surface area contributed by atoms with Crippen molar-refractivity contribution in [3.63, 3.8) is 0 Å². The maximum absolute atomic E-state index is 6.47. The van der Waals surface area contributed by atoms with Gasteiger partial charge in [0.15, 0.2) is 0 Å². The van der Waals surface area contributed by atoms with Crippen molar-refractivity contribution >= 4 is 11.0 Å². The third-order valence-corrected chi connectivity index (χ3v) is 5.34. The van der Waals surface area contributed by atoms with E-state index in [-0.39, 0.29) is 5.54 Å². The summed E-state index contributed by atoms with van der Waals surface area (Å²) in [7, 11) is 0. The fourth-order valence-electron chi connectivity index (χ4n) is 3.70. The Bertz CT molecular complexity index is 1060. The van der Waals surface area contributed by atoms with Crippen molar-refractivity contribution < 1.29 is 0 Å². The molecule has 0 unspecified atom stereocenters. The van der Waals surface area contributed by atoms with E-state index in [1.54, 1.807) is 12.5 Å². The SMILES string of the molecule is NC1(c2ccc(-n3c(-c4ccccn4)cc4cncnc43)cc2)CCC1. The van der Waals surface area contributed by atoms with Crippen molar-refractivity contribution in [2.24, 2.45) is 5.73 Å². The number of hydrogen-bond donors (Lipinski definition) is 1. The Labute approximate surface area is 151 Å². The molecule has 0 spiro atoms. The second-order valence-electron chi connectivity index (χ2n) is 6.94. The Morgan fingerprint density at radius 2 is 1.85 bits per heavy atom. The maximum Gasteiger partial charge on any atom is 0.148 e. The summed E-state index contributed by atoms with van der Waals surface area (Å²) in [6.45, 7) is 0. The fraction of sp³-hybridized carbons (Fsp3) is 0.190. The average molecular weight is 341 g/mol. The van der Waals surface area contributed by atoms with Crippen LogP contribution in [-0.2, 0) is 5.54 Å². The molecule has 1 aliphatic carbocycles. The van der Waals surface area contributed by atoms with Gasteiger partial charge in [0.25, 0.3) is 0 Å². The predicted octanol–water partition coefficient (Wildman–Crippen LogP) is 3.82. The summed E-state index contributed by atoms with van der Waals surface area (Å²) >= 11 is 0. The lowest BCUT2D eigenvalue weighted by atomic mass is 9.73. The molecule has 128 valence electrons. The van der Waals surface area contributed by atoms with E-state index >= 15 is 0 Å². The average Bonchev–Trinajstić information content (AvgIpc) is 3.06. The smallest absolute Gasteiger partial charge is 0.148 e. The Balaban J connectivity index is 1.68. The van der Waals surface area contributed by atoms with E-state index in [9.17, 15) is 0 Å². The van der Waals surface area contributed by atoms with Crippen molar-refractivity contribution in [1.29, 1.82) is 0 Å². The number of rotatable bonds is 3. The van der Waals surface area contributed by atoms with Crippen LogP contribution in [0.25, 0.3) is 28.1 Å². The molecule has 1 aliphatic rings. The minimum atomic E-state index is -0.150. The summed E-state index contributed by atoms with van der Waals surface area (Å²) < 4.78 is 2.13. The van der Waals surface area contributed by atoms with Crippen LogP contribution in [0.5, 0.6) is 0 Å². The van der Waals surface area contributed by atoms with E-state index in [2.05, 4.69) is 49.9 Å². The highest BCUT2D eigenvalue weighted by atomic mass is 15.1. The van der Waals surface area contributed by atoms with Crippen LogP contribution < -0.4 is 5.73 Å². The van der Waals surface area contributed by atoms with Gasteiger partial charge in [-0.2, -0.15) is 0 Å². The van der Waals surface area contributed by atoms with Crippen molar-refractivity contribution in [2.75, 3.05) is 0 Å². The molecule has 0 amide bonds. The molecule has 0 atom stereocenters. The fourth-order valence-corrected chi connectivity index (χ4v) is 3.70. The van der Waals surface area contributed by atoms with Crippen molar-refractivity contribution in [3.8, 4) is 17.1 Å². The molecule has 5 rings (SSSR count). The highest BCUT2D eigenvalue weighted by Gasteiger charge is 2.34. The molecule has 0 aliphatic heterocycles. The Morgan fingerprint density at radius 1 is 1.00 bits per heavy atom. The monoisotopic (exact) mass is 341 g/mol. The second kappa shape index (κ2) is 5.75. The molecule has 4 aromatic rings. The number of fused-ring (bicyclic) bond motifs is 1. The Hall–Kier alpha value is -3.05. The zero-order valence-corrected chi connectivity index (χ0v) is 14.3. The largest absolute Gasteiger partial charge is 0.321 e. The lowest BCUT2D eigenvalue weighted by molar-refractivity contribution is 0.253. The highest BCUT2D eigenvalue weighted by Crippen LogP contribution is 2.39. The van der Waals surface area contributed by atoms with Crippen LogP contribution in [0.2, 0.25) is 0 Å². The number of nitrogens with zero attached hydrogens (tertiary/aromatic N) is 4. The standard InChI is InChI=1S/C21H19N5/c22-21(9-3-10-21)16-5-7-17(8-6-16)26-19(18-4-1-2-11-24-18)12-15-13-23-14-25-20(15)26/h1-2,4-8,11-14H,3,9-10,22H2. The molecule has 1 fully saturated rings. The molecule has 26 heavy (non-hydrogen) atoms. The quantitative estimate of drug-likeness (QED) is 0.615. The van der Waals surface area contributed by atoms with Gasteiger partial charge in [-0.3, -0.25) is 9.55 Å². The van der Waals surface area contributed by atoms with E-state index in [4.69, 9.17) is 5.73 Å². The lowest BCUT2D eigenvalue weighted by Gasteiger charge is -2.38. The van der Waals surface area contributed by atoms with Gasteiger partial charge in [0.2, 0.25) is 0 Å². The molecule has 1 aromatic carbocycles. The molecule has 3 heterocycles. The number of pyridine rings is 1. The summed E-state index contributed by atoms with van der Waals surface area (Å²) in [5.41, 5.74) is 11.4. The first kappa shape index (κ1) is 15.2. The van der Waals surface area contributed by atoms with Crippen LogP contribution in [0, 0.1) is 0 Å². The minimum absolute atomic E-state index is 0.150. The normalized spacial score (nSPS) is 15.7. The third-order valence-electron chi connectivity index (χ3n) is 5.34. The molecule has 3 aromatic heterocycles. The van der Waals surface area contributed by atoms with Crippen LogP contribution in [-0.4, -0.2) is 19.5 Å². The maximum atomic E-state index is 6.47. The number of nitrogens with two attached hydrogens (primary N) is 1. The van der Waals surface area contributed by atoms with Crippen molar-refractivity contribution in [1.82, 2.24) is 19.5 Å². The van der Waals surface area contributed by atoms with Gasteiger partial charge in [0, 0.05) is 29.0 Å². The van der Waals surface area contributed by atoms with E-state index in [0.29, 0.717) is 0 Å². The summed E-state index contributed by atoms with van der Waals surface area (Å²) in [5, 5.41) is 0.992. The first-order chi connectivity index (χ1) is 12.7. The topological polar surface area (TPSA) is 69.6 Å². The molecule has 5 nitrogen and oxygen atoms in total. The van der Waals surface area contributed by atoms with Crippen LogP contribution in [0.15, 0.2) is 67.3 Å². The second-order valence-corrected chi connectivity index (χ2v) is 6.94. The lowest BCUT2D eigenvalue weighted by Crippen LogP contribution is -2.43. The van der Waals surface area contributed by atoms with Gasteiger partial charge in [-0.15, -0.1) is 0 Å².